The number of fused-ring (bicyclic) bond motifs is 1. The van der Waals surface area contributed by atoms with Gasteiger partial charge in [-0.2, -0.15) is 18.3 Å². The highest BCUT2D eigenvalue weighted by Gasteiger charge is 2.49. The predicted octanol–water partition coefficient (Wildman–Crippen LogP) is 5.41. The van der Waals surface area contributed by atoms with E-state index in [2.05, 4.69) is 20.7 Å². The molecule has 0 bridgehead atoms. The molecule has 170 valence electrons. The number of nitrogens with zero attached hydrogens (tertiary/aromatic N) is 3. The van der Waals surface area contributed by atoms with Crippen molar-refractivity contribution in [2.45, 2.75) is 25.1 Å². The van der Waals surface area contributed by atoms with Crippen molar-refractivity contribution in [1.29, 1.82) is 0 Å². The molecule has 1 fully saturated rings. The minimum absolute atomic E-state index is 0.189. The maximum Gasteiger partial charge on any atom is 0.408 e. The summed E-state index contributed by atoms with van der Waals surface area (Å²) in [5, 5.41) is 11.2. The van der Waals surface area contributed by atoms with E-state index in [1.54, 1.807) is 46.7 Å². The first kappa shape index (κ1) is 21.4. The van der Waals surface area contributed by atoms with E-state index in [0.717, 1.165) is 11.3 Å². The fraction of sp³-hybridized carbons (Fsp3) is 0.227. The molecule has 5 rings (SSSR count). The van der Waals surface area contributed by atoms with Crippen LogP contribution in [0.2, 0.25) is 0 Å². The van der Waals surface area contributed by atoms with Gasteiger partial charge in [-0.25, -0.2) is 13.9 Å². The van der Waals surface area contributed by atoms with Gasteiger partial charge in [-0.05, 0) is 60.0 Å². The highest BCUT2D eigenvalue weighted by Crippen LogP contribution is 2.40. The molecule has 1 atom stereocenters. The van der Waals surface area contributed by atoms with Crippen LogP contribution in [0.1, 0.15) is 22.5 Å². The summed E-state index contributed by atoms with van der Waals surface area (Å²) in [6, 6.07) is 5.60. The third kappa shape index (κ3) is 4.54. The minimum Gasteiger partial charge on any atom is -0.353 e. The van der Waals surface area contributed by atoms with Crippen molar-refractivity contribution in [3.63, 3.8) is 0 Å². The second-order valence-corrected chi connectivity index (χ2v) is 8.74. The van der Waals surface area contributed by atoms with Crippen LogP contribution in [0.5, 0.6) is 0 Å². The van der Waals surface area contributed by atoms with Gasteiger partial charge in [-0.3, -0.25) is 4.79 Å². The Morgan fingerprint density at radius 1 is 1.15 bits per heavy atom. The first-order chi connectivity index (χ1) is 15.8. The number of anilines is 2. The number of halogens is 4. The molecule has 6 nitrogen and oxygen atoms in total. The highest BCUT2D eigenvalue weighted by molar-refractivity contribution is 7.12. The number of amides is 1. The Kier molecular flexibility index (Phi) is 5.28. The molecule has 3 aromatic heterocycles. The monoisotopic (exact) mass is 475 g/mol. The van der Waals surface area contributed by atoms with Crippen molar-refractivity contribution >= 4 is 34.3 Å². The van der Waals surface area contributed by atoms with Gasteiger partial charge in [-0.15, -0.1) is 11.3 Å². The predicted molar refractivity (Wildman–Crippen MR) is 116 cm³/mol. The second kappa shape index (κ2) is 8.14. The van der Waals surface area contributed by atoms with Crippen molar-refractivity contribution in [2.24, 2.45) is 5.92 Å². The molecule has 11 heteroatoms. The van der Waals surface area contributed by atoms with E-state index in [-0.39, 0.29) is 10.7 Å². The zero-order valence-corrected chi connectivity index (χ0v) is 17.8. The van der Waals surface area contributed by atoms with Gasteiger partial charge in [0.25, 0.3) is 5.91 Å². The van der Waals surface area contributed by atoms with Crippen LogP contribution in [0.15, 0.2) is 54.3 Å². The largest absolute Gasteiger partial charge is 0.408 e. The molecule has 1 amide bonds. The summed E-state index contributed by atoms with van der Waals surface area (Å²) in [4.78, 5) is 17.1. The van der Waals surface area contributed by atoms with Gasteiger partial charge in [0.15, 0.2) is 5.65 Å². The summed E-state index contributed by atoms with van der Waals surface area (Å²) in [6.45, 7) is 0. The van der Waals surface area contributed by atoms with Crippen LogP contribution in [0.4, 0.5) is 28.9 Å². The highest BCUT2D eigenvalue weighted by atomic mass is 32.1. The summed E-state index contributed by atoms with van der Waals surface area (Å²) in [5.74, 6) is -1.62. The number of carbonyl (C=O) groups is 1. The van der Waals surface area contributed by atoms with E-state index in [9.17, 15) is 22.4 Å². The van der Waals surface area contributed by atoms with Crippen LogP contribution >= 0.6 is 11.3 Å². The van der Waals surface area contributed by atoms with Crippen molar-refractivity contribution in [1.82, 2.24) is 19.9 Å². The van der Waals surface area contributed by atoms with Gasteiger partial charge in [0.05, 0.1) is 29.2 Å². The summed E-state index contributed by atoms with van der Waals surface area (Å²) < 4.78 is 54.3. The molecule has 1 unspecified atom stereocenters. The third-order valence-electron chi connectivity index (χ3n) is 5.36. The maximum absolute atomic E-state index is 13.2. The van der Waals surface area contributed by atoms with Crippen LogP contribution in [0.25, 0.3) is 16.8 Å². The summed E-state index contributed by atoms with van der Waals surface area (Å²) >= 11 is 1.07. The lowest BCUT2D eigenvalue weighted by Crippen LogP contribution is -2.46. The number of alkyl halides is 3. The lowest BCUT2D eigenvalue weighted by Gasteiger charge is -2.20. The van der Waals surface area contributed by atoms with E-state index < -0.39 is 24.0 Å². The quantitative estimate of drug-likeness (QED) is 0.366. The van der Waals surface area contributed by atoms with Gasteiger partial charge < -0.3 is 10.6 Å². The van der Waals surface area contributed by atoms with E-state index in [1.165, 1.54) is 12.1 Å². The molecule has 1 aliphatic rings. The minimum atomic E-state index is -4.47. The molecule has 2 N–H and O–H groups in total. The number of rotatable bonds is 6. The van der Waals surface area contributed by atoms with Gasteiger partial charge >= 0.3 is 6.18 Å². The molecule has 0 spiro atoms. The molecule has 0 saturated heterocycles. The number of benzene rings is 1. The van der Waals surface area contributed by atoms with Crippen LogP contribution in [-0.4, -0.2) is 32.7 Å². The Morgan fingerprint density at radius 2 is 1.91 bits per heavy atom. The molecule has 3 heterocycles. The van der Waals surface area contributed by atoms with Gasteiger partial charge in [0.1, 0.15) is 11.9 Å². The number of nitrogens with one attached hydrogen (secondary N) is 2. The first-order valence-corrected chi connectivity index (χ1v) is 11.0. The van der Waals surface area contributed by atoms with E-state index in [1.807, 2.05) is 0 Å². The zero-order valence-electron chi connectivity index (χ0n) is 16.9. The fourth-order valence-corrected chi connectivity index (χ4v) is 4.36. The Balaban J connectivity index is 1.34. The molecule has 0 aliphatic heterocycles. The number of hydrogen-bond acceptors (Lipinski definition) is 5. The molecular weight excluding hydrogens is 458 g/mol. The summed E-state index contributed by atoms with van der Waals surface area (Å²) in [6.07, 6.45) is 1.34. The second-order valence-electron chi connectivity index (χ2n) is 7.83. The average molecular weight is 475 g/mol. The molecule has 1 saturated carbocycles. The average Bonchev–Trinajstić information content (AvgIpc) is 3.32. The number of hydrogen-bond donors (Lipinski definition) is 2. The normalized spacial score (nSPS) is 14.9. The lowest BCUT2D eigenvalue weighted by atomic mass is 10.1. The smallest absolute Gasteiger partial charge is 0.353 e. The lowest BCUT2D eigenvalue weighted by molar-refractivity contribution is -0.158. The zero-order chi connectivity index (χ0) is 23.2. The van der Waals surface area contributed by atoms with E-state index in [4.69, 9.17) is 0 Å². The molecule has 0 radical (unpaired) electrons. The van der Waals surface area contributed by atoms with Gasteiger partial charge in [-0.1, -0.05) is 0 Å². The van der Waals surface area contributed by atoms with Gasteiger partial charge in [0, 0.05) is 11.3 Å². The third-order valence-corrected chi connectivity index (χ3v) is 6.29. The van der Waals surface area contributed by atoms with Crippen molar-refractivity contribution in [3.8, 4) is 11.1 Å². The van der Waals surface area contributed by atoms with Crippen LogP contribution < -0.4 is 10.6 Å². The molecular formula is C22H17F4N5OS. The first-order valence-electron chi connectivity index (χ1n) is 10.1. The molecule has 1 aromatic carbocycles. The Labute approximate surface area is 189 Å². The SMILES string of the molecule is O=C(NC(C1CC1)C(F)(F)F)c1cc(-c2cnn3cc(Nc4ccc(F)cc4)cnc23)cs1. The van der Waals surface area contributed by atoms with Crippen molar-refractivity contribution in [3.05, 3.63) is 65.0 Å². The summed E-state index contributed by atoms with van der Waals surface area (Å²) in [5.41, 5.74) is 3.12. The van der Waals surface area contributed by atoms with Crippen molar-refractivity contribution < 1.29 is 22.4 Å². The Morgan fingerprint density at radius 3 is 2.61 bits per heavy atom. The van der Waals surface area contributed by atoms with Crippen LogP contribution in [0.3, 0.4) is 0 Å². The standard InChI is InChI=1S/C22H17F4N5OS/c23-14-3-5-15(6-4-14)29-16-8-27-20-17(9-28-31(20)10-16)13-7-18(33-11-13)21(32)30-19(12-1-2-12)22(24,25)26/h3-12,19,29H,1-2H2,(H,30,32). The number of aromatic nitrogens is 3. The Bertz CT molecular complexity index is 1310. The number of thiophene rings is 1. The van der Waals surface area contributed by atoms with Crippen molar-refractivity contribution in [2.75, 3.05) is 5.32 Å². The topological polar surface area (TPSA) is 71.3 Å². The van der Waals surface area contributed by atoms with Crippen LogP contribution in [0, 0.1) is 11.7 Å². The van der Waals surface area contributed by atoms with Gasteiger partial charge in [0.2, 0.25) is 0 Å². The fourth-order valence-electron chi connectivity index (χ4n) is 3.55. The summed E-state index contributed by atoms with van der Waals surface area (Å²) in [7, 11) is 0. The molecule has 33 heavy (non-hydrogen) atoms. The number of carbonyl (C=O) groups excluding carboxylic acids is 1. The van der Waals surface area contributed by atoms with E-state index >= 15 is 0 Å². The van der Waals surface area contributed by atoms with Crippen LogP contribution in [-0.2, 0) is 0 Å². The molecule has 4 aromatic rings. The maximum atomic E-state index is 13.2. The molecule has 1 aliphatic carbocycles. The Hall–Kier alpha value is -3.47. The van der Waals surface area contributed by atoms with E-state index in [0.29, 0.717) is 41.0 Å².